The first-order valence-corrected chi connectivity index (χ1v) is 45.9. The zero-order valence-electron chi connectivity index (χ0n) is 76.9. The van der Waals surface area contributed by atoms with Crippen LogP contribution >= 0.6 is 0 Å². The zero-order chi connectivity index (χ0) is 94.9. The van der Waals surface area contributed by atoms with Crippen molar-refractivity contribution < 1.29 is 58.3 Å². The van der Waals surface area contributed by atoms with Crippen molar-refractivity contribution in [1.29, 1.82) is 0 Å². The first-order chi connectivity index (χ1) is 67.7. The minimum atomic E-state index is 0.0277. The number of aromatic hydroxyl groups is 4. The first-order valence-electron chi connectivity index (χ1n) is 45.9. The van der Waals surface area contributed by atoms with E-state index in [1.54, 1.807) is 72.8 Å². The first kappa shape index (κ1) is 89.7. The van der Waals surface area contributed by atoms with E-state index < -0.39 is 0 Å². The van der Waals surface area contributed by atoms with E-state index in [0.29, 0.717) is 145 Å². The molecular weight excluding hydrogens is 1730 g/mol. The summed E-state index contributed by atoms with van der Waals surface area (Å²) in [6.45, 7) is 18.8. The van der Waals surface area contributed by atoms with Crippen molar-refractivity contribution in [2.75, 3.05) is 52.9 Å². The zero-order valence-corrected chi connectivity index (χ0v) is 76.9. The molecule has 0 aliphatic carbocycles. The van der Waals surface area contributed by atoms with E-state index in [4.69, 9.17) is 57.8 Å². The van der Waals surface area contributed by atoms with Gasteiger partial charge in [-0.3, -0.25) is 0 Å². The van der Waals surface area contributed by atoms with Gasteiger partial charge in [-0.2, -0.15) is 39.9 Å². The fraction of sp³-hybridized carbons (Fsp3) is 0.140. The number of nitrogens with zero attached hydrogens (tertiary/aromatic N) is 12. The van der Waals surface area contributed by atoms with Crippen molar-refractivity contribution >= 4 is 108 Å². The maximum Gasteiger partial charge on any atom is 0.320 e. The van der Waals surface area contributed by atoms with Crippen molar-refractivity contribution in [2.24, 2.45) is 0 Å². The predicted octanol–water partition coefficient (Wildman–Crippen LogP) is 25.8. The number of benzene rings is 18. The van der Waals surface area contributed by atoms with Gasteiger partial charge in [0.15, 0.2) is 46.6 Å². The van der Waals surface area contributed by atoms with E-state index in [1.807, 2.05) is 128 Å². The molecule has 0 saturated carbocycles. The summed E-state index contributed by atoms with van der Waals surface area (Å²) in [5.41, 5.74) is 5.44. The predicted molar refractivity (Wildman–Crippen MR) is 545 cm³/mol. The molecule has 0 unspecified atom stereocenters. The summed E-state index contributed by atoms with van der Waals surface area (Å²) < 4.78 is 44.8. The smallest absolute Gasteiger partial charge is 0.320 e. The van der Waals surface area contributed by atoms with Crippen LogP contribution in [-0.2, 0) is 0 Å². The van der Waals surface area contributed by atoms with Crippen LogP contribution in [0.5, 0.6) is 70.0 Å². The third kappa shape index (κ3) is 18.3. The van der Waals surface area contributed by atoms with E-state index in [0.717, 1.165) is 92.3 Å². The fourth-order valence-corrected chi connectivity index (χ4v) is 17.5. The highest BCUT2D eigenvalue weighted by Crippen LogP contribution is 2.46. The average Bonchev–Trinajstić information content (AvgIpc) is 0.741. The molecule has 682 valence electrons. The summed E-state index contributed by atoms with van der Waals surface area (Å²) in [6, 6.07) is 100. The molecular formula is C114H94N12O12. The molecule has 0 amide bonds. The lowest BCUT2D eigenvalue weighted by molar-refractivity contribution is 0.312. The molecule has 0 radical (unpaired) electrons. The van der Waals surface area contributed by atoms with Crippen LogP contribution in [0, 0.1) is 0 Å². The summed E-state index contributed by atoms with van der Waals surface area (Å²) in [6.07, 6.45) is 0. The monoisotopic (exact) mass is 1820 g/mol. The molecule has 0 aliphatic heterocycles. The maximum atomic E-state index is 10.8. The molecule has 0 bridgehead atoms. The van der Waals surface area contributed by atoms with Gasteiger partial charge in [-0.05, 0) is 236 Å². The van der Waals surface area contributed by atoms with E-state index in [-0.39, 0.29) is 47.0 Å². The van der Waals surface area contributed by atoms with Gasteiger partial charge in [0.1, 0.15) is 46.0 Å². The second-order valence-corrected chi connectivity index (χ2v) is 31.9. The molecule has 4 aromatic heterocycles. The lowest BCUT2D eigenvalue weighted by Gasteiger charge is -2.14. The number of ether oxygens (including phenoxy) is 8. The Morgan fingerprint density at radius 2 is 0.442 bits per heavy atom. The second-order valence-electron chi connectivity index (χ2n) is 31.9. The van der Waals surface area contributed by atoms with Gasteiger partial charge in [0.05, 0.1) is 75.1 Å². The Morgan fingerprint density at radius 1 is 0.174 bits per heavy atom. The van der Waals surface area contributed by atoms with Crippen LogP contribution in [-0.4, -0.2) is 133 Å². The number of phenolic OH excluding ortho intramolecular Hbond substituents is 4. The van der Waals surface area contributed by atoms with Gasteiger partial charge in [-0.1, -0.05) is 206 Å². The number of hydrogen-bond donors (Lipinski definition) is 4. The molecule has 0 fully saturated rings. The maximum absolute atomic E-state index is 10.8. The highest BCUT2D eigenvalue weighted by atomic mass is 16.5. The summed E-state index contributed by atoms with van der Waals surface area (Å²) in [7, 11) is 0. The van der Waals surface area contributed by atoms with Gasteiger partial charge in [-0.15, -0.1) is 0 Å². The van der Waals surface area contributed by atoms with Gasteiger partial charge >= 0.3 is 24.0 Å². The van der Waals surface area contributed by atoms with E-state index >= 15 is 0 Å². The minimum absolute atomic E-state index is 0.0277. The summed E-state index contributed by atoms with van der Waals surface area (Å²) in [4.78, 5) is 55.6. The molecule has 0 atom stereocenters. The number of rotatable bonds is 24. The number of phenols is 4. The lowest BCUT2D eigenvalue weighted by atomic mass is 9.92. The fourth-order valence-electron chi connectivity index (χ4n) is 17.5. The number of hydrogen-bond acceptors (Lipinski definition) is 24. The Balaban J connectivity index is 0.000000118. The van der Waals surface area contributed by atoms with Crippen LogP contribution in [0.1, 0.15) is 55.4 Å². The SMILES string of the molecule is CCOc1ccc(-c2nc(OCC)nc(-c3c4ccccc4cc4ccccc34)n2)c(O)c1.CCOc1ccc(-c2nc(OCC)nc(-c3cc4c5ccccc5ccc4c4ccccc34)n2)c(O)c1.CCOc1ccc(-c2nc(OCC)nc(-c3cc4ccccc4c4ccccc34)n2)c(O)c1.CCOc1ccc(-c2nc(OCC)nc(-c3ccc4ccc5cccc6ccc3c4c56)n2)c(O)c1. The number of fused-ring (bicyclic) bond motifs is 10. The van der Waals surface area contributed by atoms with Gasteiger partial charge in [0.2, 0.25) is 0 Å². The Morgan fingerprint density at radius 3 is 0.848 bits per heavy atom. The topological polar surface area (TPSA) is 309 Å². The highest BCUT2D eigenvalue weighted by Gasteiger charge is 2.26. The van der Waals surface area contributed by atoms with Crippen molar-refractivity contribution in [3.63, 3.8) is 0 Å². The molecule has 22 aromatic rings. The molecule has 24 heteroatoms. The van der Waals surface area contributed by atoms with Crippen molar-refractivity contribution in [3.8, 4) is 161 Å². The Hall–Kier alpha value is -17.5. The molecule has 18 aromatic carbocycles. The Labute approximate surface area is 793 Å². The van der Waals surface area contributed by atoms with Crippen LogP contribution in [0.15, 0.2) is 303 Å². The Kier molecular flexibility index (Phi) is 26.1. The van der Waals surface area contributed by atoms with E-state index in [2.05, 4.69) is 198 Å². The highest BCUT2D eigenvalue weighted by molar-refractivity contribution is 6.26. The van der Waals surface area contributed by atoms with Crippen molar-refractivity contribution in [1.82, 2.24) is 59.8 Å². The van der Waals surface area contributed by atoms with Crippen LogP contribution in [0.3, 0.4) is 0 Å². The van der Waals surface area contributed by atoms with Gasteiger partial charge in [0.25, 0.3) is 0 Å². The van der Waals surface area contributed by atoms with Crippen molar-refractivity contribution in [2.45, 2.75) is 55.4 Å². The lowest BCUT2D eigenvalue weighted by Crippen LogP contribution is -2.04. The standard InChI is InChI=1S/C31H25N3O3.C29H23N3O3.2C27H23N3O3/c1-3-36-20-14-16-25(28(35)17-20)29-32-30(34-31(33-29)37-4-2)27-18-26-21-10-6-5-9-19(21)13-15-24(26)22-11-7-8-12-23(22)27;1-3-34-20-12-15-23(24(33)16-20)28-30-27(31-29(32-28)35-4-2)22-14-11-19-9-8-17-6-5-7-18-10-13-21(22)26(19)25(17)18;1-3-32-19-13-14-22(23(31)16-19)25-28-26(30-27(29-25)33-4-2)24-20-11-7-5-9-17(20)15-18-10-6-8-12-21(18)24;1-3-32-18-13-14-22(24(31)16-18)25-28-26(30-27(29-25)33-4-2)23-15-17-9-5-6-10-19(17)20-11-7-8-12-21(20)23/h5-18,35H,3-4H2,1-2H3;5-16,33H,3-4H2,1-2H3;2*5-16,31H,3-4H2,1-2H3. The molecule has 24 nitrogen and oxygen atoms in total. The largest absolute Gasteiger partial charge is 0.507 e. The normalized spacial score (nSPS) is 11.2. The quantitative estimate of drug-likeness (QED) is 0.0323. The van der Waals surface area contributed by atoms with E-state index in [1.165, 1.54) is 37.7 Å². The third-order valence-corrected chi connectivity index (χ3v) is 23.4. The minimum Gasteiger partial charge on any atom is -0.507 e. The summed E-state index contributed by atoms with van der Waals surface area (Å²) in [5, 5.41) is 65.2. The van der Waals surface area contributed by atoms with Crippen LogP contribution in [0.2, 0.25) is 0 Å². The van der Waals surface area contributed by atoms with Crippen LogP contribution in [0.25, 0.3) is 199 Å². The molecule has 4 heterocycles. The van der Waals surface area contributed by atoms with Crippen LogP contribution < -0.4 is 37.9 Å². The molecule has 138 heavy (non-hydrogen) atoms. The molecule has 0 saturated heterocycles. The molecule has 4 N–H and O–H groups in total. The Bertz CT molecular complexity index is 8250. The molecule has 22 rings (SSSR count). The van der Waals surface area contributed by atoms with Crippen LogP contribution in [0.4, 0.5) is 0 Å². The van der Waals surface area contributed by atoms with Crippen molar-refractivity contribution in [3.05, 3.63) is 303 Å². The average molecular weight is 1820 g/mol. The second kappa shape index (κ2) is 40.1. The van der Waals surface area contributed by atoms with Gasteiger partial charge in [-0.25, -0.2) is 19.9 Å². The molecule has 0 spiro atoms. The molecule has 0 aliphatic rings. The summed E-state index contributed by atoms with van der Waals surface area (Å²) >= 11 is 0. The number of aromatic nitrogens is 12. The van der Waals surface area contributed by atoms with Gasteiger partial charge < -0.3 is 58.3 Å². The third-order valence-electron chi connectivity index (χ3n) is 23.4. The summed E-state index contributed by atoms with van der Waals surface area (Å²) in [5.74, 6) is 5.73. The van der Waals surface area contributed by atoms with Gasteiger partial charge in [0, 0.05) is 46.5 Å². The van der Waals surface area contributed by atoms with E-state index in [9.17, 15) is 20.4 Å².